The highest BCUT2D eigenvalue weighted by atomic mass is 32.1. The van der Waals surface area contributed by atoms with Gasteiger partial charge in [0, 0.05) is 24.7 Å². The number of nitrogens with two attached hydrogens (primary N) is 1. The van der Waals surface area contributed by atoms with E-state index >= 15 is 0 Å². The lowest BCUT2D eigenvalue weighted by molar-refractivity contribution is 0.807. The molecule has 2 aromatic heterocycles. The van der Waals surface area contributed by atoms with Crippen LogP contribution in [0.25, 0.3) is 0 Å². The van der Waals surface area contributed by atoms with Crippen LogP contribution in [0.1, 0.15) is 29.2 Å². The summed E-state index contributed by atoms with van der Waals surface area (Å²) in [5.41, 5.74) is 8.06. The molecule has 0 saturated heterocycles. The van der Waals surface area contributed by atoms with Gasteiger partial charge in [0.15, 0.2) is 0 Å². The van der Waals surface area contributed by atoms with E-state index in [1.807, 2.05) is 33.0 Å². The highest BCUT2D eigenvalue weighted by Gasteiger charge is 2.08. The second-order valence-corrected chi connectivity index (χ2v) is 5.51. The molecule has 2 aromatic rings. The molecule has 2 heterocycles. The minimum atomic E-state index is 0.0293. The summed E-state index contributed by atoms with van der Waals surface area (Å²) in [5.74, 6) is 0.926. The highest BCUT2D eigenvalue weighted by Crippen LogP contribution is 2.18. The number of anilines is 1. The molecule has 0 aliphatic rings. The van der Waals surface area contributed by atoms with E-state index in [9.17, 15) is 0 Å². The zero-order valence-electron chi connectivity index (χ0n) is 10.9. The van der Waals surface area contributed by atoms with Crippen molar-refractivity contribution in [1.82, 2.24) is 9.97 Å². The first-order chi connectivity index (χ1) is 8.56. The summed E-state index contributed by atoms with van der Waals surface area (Å²) in [4.78, 5) is 10.9. The van der Waals surface area contributed by atoms with Crippen LogP contribution in [0.5, 0.6) is 0 Å². The van der Waals surface area contributed by atoms with Crippen LogP contribution in [0.4, 0.5) is 5.82 Å². The molecule has 0 amide bonds. The standard InChI is InChI=1S/C13H18N4S/c1-9(14)11-4-5-15-13(6-11)17(3)7-12-8-18-10(2)16-12/h4-6,8-9H,7,14H2,1-3H3/t9-/m0/s1. The number of thiazole rings is 1. The van der Waals surface area contributed by atoms with Crippen LogP contribution in [0.15, 0.2) is 23.7 Å². The fourth-order valence-electron chi connectivity index (χ4n) is 1.73. The summed E-state index contributed by atoms with van der Waals surface area (Å²) < 4.78 is 0. The van der Waals surface area contributed by atoms with Crippen molar-refractivity contribution in [3.63, 3.8) is 0 Å². The second kappa shape index (κ2) is 5.46. The number of aryl methyl sites for hydroxylation is 1. The average Bonchev–Trinajstić information content (AvgIpc) is 2.75. The third-order valence-corrected chi connectivity index (χ3v) is 3.57. The zero-order valence-corrected chi connectivity index (χ0v) is 11.7. The van der Waals surface area contributed by atoms with Gasteiger partial charge >= 0.3 is 0 Å². The van der Waals surface area contributed by atoms with Gasteiger partial charge in [0.25, 0.3) is 0 Å². The van der Waals surface area contributed by atoms with Gasteiger partial charge in [-0.15, -0.1) is 11.3 Å². The highest BCUT2D eigenvalue weighted by molar-refractivity contribution is 7.09. The molecule has 0 aliphatic heterocycles. The van der Waals surface area contributed by atoms with Crippen molar-refractivity contribution in [3.8, 4) is 0 Å². The van der Waals surface area contributed by atoms with Crippen molar-refractivity contribution in [2.75, 3.05) is 11.9 Å². The molecule has 0 radical (unpaired) electrons. The maximum atomic E-state index is 5.88. The van der Waals surface area contributed by atoms with Gasteiger partial charge in [0.1, 0.15) is 5.82 Å². The van der Waals surface area contributed by atoms with Gasteiger partial charge in [-0.2, -0.15) is 0 Å². The van der Waals surface area contributed by atoms with Gasteiger partial charge in [-0.1, -0.05) is 0 Å². The Bertz CT molecular complexity index is 521. The van der Waals surface area contributed by atoms with Crippen LogP contribution in [0, 0.1) is 6.92 Å². The Labute approximate surface area is 111 Å². The summed E-state index contributed by atoms with van der Waals surface area (Å²) in [6.45, 7) is 4.76. The Morgan fingerprint density at radius 1 is 1.50 bits per heavy atom. The molecule has 0 saturated carbocycles. The molecule has 0 unspecified atom stereocenters. The first kappa shape index (κ1) is 13.0. The predicted octanol–water partition coefficient (Wildman–Crippen LogP) is 2.50. The average molecular weight is 262 g/mol. The molecule has 0 aromatic carbocycles. The minimum Gasteiger partial charge on any atom is -0.354 e. The molecule has 1 atom stereocenters. The molecule has 2 rings (SSSR count). The number of nitrogens with zero attached hydrogens (tertiary/aromatic N) is 3. The van der Waals surface area contributed by atoms with Crippen LogP contribution in [-0.2, 0) is 6.54 Å². The fourth-order valence-corrected chi connectivity index (χ4v) is 2.33. The Morgan fingerprint density at radius 2 is 2.28 bits per heavy atom. The van der Waals surface area contributed by atoms with Gasteiger partial charge in [-0.25, -0.2) is 9.97 Å². The summed E-state index contributed by atoms with van der Waals surface area (Å²) in [6, 6.07) is 4.01. The van der Waals surface area contributed by atoms with Crippen LogP contribution < -0.4 is 10.6 Å². The van der Waals surface area contributed by atoms with Crippen molar-refractivity contribution in [2.24, 2.45) is 5.73 Å². The third-order valence-electron chi connectivity index (χ3n) is 2.75. The summed E-state index contributed by atoms with van der Waals surface area (Å²) in [5, 5.41) is 3.18. The summed E-state index contributed by atoms with van der Waals surface area (Å²) >= 11 is 1.67. The largest absolute Gasteiger partial charge is 0.354 e. The molecular formula is C13H18N4S. The summed E-state index contributed by atoms with van der Waals surface area (Å²) in [7, 11) is 2.02. The lowest BCUT2D eigenvalue weighted by Gasteiger charge is -2.18. The molecule has 18 heavy (non-hydrogen) atoms. The topological polar surface area (TPSA) is 55.0 Å². The molecule has 5 heteroatoms. The SMILES string of the molecule is Cc1nc(CN(C)c2cc([C@H](C)N)ccn2)cs1. The van der Waals surface area contributed by atoms with Gasteiger partial charge in [0.05, 0.1) is 17.2 Å². The Kier molecular flexibility index (Phi) is 3.93. The number of hydrogen-bond acceptors (Lipinski definition) is 5. The van der Waals surface area contributed by atoms with E-state index in [1.54, 1.807) is 17.5 Å². The third kappa shape index (κ3) is 3.05. The van der Waals surface area contributed by atoms with Crippen molar-refractivity contribution >= 4 is 17.2 Å². The molecule has 0 aliphatic carbocycles. The van der Waals surface area contributed by atoms with Crippen LogP contribution in [0.3, 0.4) is 0 Å². The number of rotatable bonds is 4. The van der Waals surface area contributed by atoms with E-state index in [2.05, 4.69) is 20.2 Å². The first-order valence-corrected chi connectivity index (χ1v) is 6.78. The van der Waals surface area contributed by atoms with Gasteiger partial charge in [-0.3, -0.25) is 0 Å². The lowest BCUT2D eigenvalue weighted by Crippen LogP contribution is -2.18. The van der Waals surface area contributed by atoms with E-state index < -0.39 is 0 Å². The van der Waals surface area contributed by atoms with E-state index in [0.29, 0.717) is 0 Å². The van der Waals surface area contributed by atoms with E-state index in [0.717, 1.165) is 28.6 Å². The van der Waals surface area contributed by atoms with Crippen molar-refractivity contribution in [2.45, 2.75) is 26.4 Å². The molecule has 0 bridgehead atoms. The first-order valence-electron chi connectivity index (χ1n) is 5.90. The molecule has 0 fully saturated rings. The predicted molar refractivity (Wildman–Crippen MR) is 75.8 cm³/mol. The lowest BCUT2D eigenvalue weighted by atomic mass is 10.1. The monoisotopic (exact) mass is 262 g/mol. The van der Waals surface area contributed by atoms with Gasteiger partial charge in [0.2, 0.25) is 0 Å². The molecule has 96 valence electrons. The van der Waals surface area contributed by atoms with Gasteiger partial charge < -0.3 is 10.6 Å². The molecule has 2 N–H and O–H groups in total. The molecule has 4 nitrogen and oxygen atoms in total. The van der Waals surface area contributed by atoms with Crippen molar-refractivity contribution in [1.29, 1.82) is 0 Å². The zero-order chi connectivity index (χ0) is 13.1. The Balaban J connectivity index is 2.13. The smallest absolute Gasteiger partial charge is 0.128 e. The van der Waals surface area contributed by atoms with Crippen LogP contribution in [0.2, 0.25) is 0 Å². The number of hydrogen-bond donors (Lipinski definition) is 1. The van der Waals surface area contributed by atoms with Crippen LogP contribution in [-0.4, -0.2) is 17.0 Å². The normalized spacial score (nSPS) is 12.4. The quantitative estimate of drug-likeness (QED) is 0.920. The molecular weight excluding hydrogens is 244 g/mol. The fraction of sp³-hybridized carbons (Fsp3) is 0.385. The van der Waals surface area contributed by atoms with E-state index in [1.165, 1.54) is 0 Å². The number of pyridine rings is 1. The Hall–Kier alpha value is -1.46. The molecule has 0 spiro atoms. The van der Waals surface area contributed by atoms with Crippen molar-refractivity contribution < 1.29 is 0 Å². The number of aromatic nitrogens is 2. The van der Waals surface area contributed by atoms with E-state index in [4.69, 9.17) is 5.73 Å². The maximum absolute atomic E-state index is 5.88. The summed E-state index contributed by atoms with van der Waals surface area (Å²) in [6.07, 6.45) is 1.80. The Morgan fingerprint density at radius 3 is 2.89 bits per heavy atom. The minimum absolute atomic E-state index is 0.0293. The second-order valence-electron chi connectivity index (χ2n) is 4.45. The van der Waals surface area contributed by atoms with Crippen molar-refractivity contribution in [3.05, 3.63) is 40.0 Å². The van der Waals surface area contributed by atoms with Gasteiger partial charge in [-0.05, 0) is 31.5 Å². The van der Waals surface area contributed by atoms with Crippen LogP contribution >= 0.6 is 11.3 Å². The van der Waals surface area contributed by atoms with E-state index in [-0.39, 0.29) is 6.04 Å². The maximum Gasteiger partial charge on any atom is 0.128 e.